The highest BCUT2D eigenvalue weighted by molar-refractivity contribution is 5.94. The maximum atomic E-state index is 12.9. The van der Waals surface area contributed by atoms with Gasteiger partial charge in [-0.15, -0.1) is 13.2 Å². The maximum absolute atomic E-state index is 12.9. The van der Waals surface area contributed by atoms with Crippen LogP contribution in [0.4, 0.5) is 13.2 Å². The molecule has 1 amide bonds. The second kappa shape index (κ2) is 9.46. The van der Waals surface area contributed by atoms with Crippen LogP contribution in [0, 0.1) is 0 Å². The Morgan fingerprint density at radius 2 is 1.89 bits per heavy atom. The molecule has 5 rings (SSSR count). The van der Waals surface area contributed by atoms with Gasteiger partial charge in [0.15, 0.2) is 5.65 Å². The summed E-state index contributed by atoms with van der Waals surface area (Å²) in [6, 6.07) is 7.02. The molecule has 1 unspecified atom stereocenters. The van der Waals surface area contributed by atoms with Gasteiger partial charge < -0.3 is 24.3 Å². The van der Waals surface area contributed by atoms with Crippen LogP contribution in [0.5, 0.6) is 5.75 Å². The summed E-state index contributed by atoms with van der Waals surface area (Å²) < 4.78 is 46.9. The lowest BCUT2D eigenvalue weighted by Gasteiger charge is -2.32. The first-order valence-corrected chi connectivity index (χ1v) is 11.6. The molecule has 2 fully saturated rings. The van der Waals surface area contributed by atoms with E-state index in [-0.39, 0.29) is 23.7 Å². The fraction of sp³-hybridized carbons (Fsp3) is 0.458. The summed E-state index contributed by atoms with van der Waals surface area (Å²) in [6.07, 6.45) is -1.60. The summed E-state index contributed by atoms with van der Waals surface area (Å²) in [7, 11) is 2.06. The Labute approximate surface area is 200 Å². The fourth-order valence-corrected chi connectivity index (χ4v) is 4.75. The van der Waals surface area contributed by atoms with Crippen LogP contribution in [0.15, 0.2) is 36.5 Å². The largest absolute Gasteiger partial charge is 0.573 e. The number of carbonyl (C=O) groups excluding carboxylic acids is 1. The molecular weight excluding hydrogens is 463 g/mol. The van der Waals surface area contributed by atoms with Crippen molar-refractivity contribution in [1.29, 1.82) is 0 Å². The number of likely N-dealkylation sites (tertiary alicyclic amines) is 1. The van der Waals surface area contributed by atoms with Gasteiger partial charge in [0.05, 0.1) is 6.61 Å². The Bertz CT molecular complexity index is 1190. The average Bonchev–Trinajstić information content (AvgIpc) is 3.28. The van der Waals surface area contributed by atoms with E-state index in [1.54, 1.807) is 11.1 Å². The maximum Gasteiger partial charge on any atom is 0.573 e. The van der Waals surface area contributed by atoms with Crippen molar-refractivity contribution < 1.29 is 27.4 Å². The molecule has 0 saturated carbocycles. The monoisotopic (exact) mass is 489 g/mol. The molecule has 35 heavy (non-hydrogen) atoms. The van der Waals surface area contributed by atoms with Gasteiger partial charge in [0.2, 0.25) is 0 Å². The minimum Gasteiger partial charge on any atom is -0.406 e. The minimum atomic E-state index is -4.76. The summed E-state index contributed by atoms with van der Waals surface area (Å²) in [5.41, 5.74) is 3.00. The Morgan fingerprint density at radius 3 is 2.57 bits per heavy atom. The quantitative estimate of drug-likeness (QED) is 0.599. The zero-order valence-electron chi connectivity index (χ0n) is 19.2. The zero-order valence-corrected chi connectivity index (χ0v) is 19.2. The van der Waals surface area contributed by atoms with Crippen LogP contribution in [0.25, 0.3) is 11.2 Å². The molecule has 1 atom stereocenters. The fourth-order valence-electron chi connectivity index (χ4n) is 4.75. The van der Waals surface area contributed by atoms with Gasteiger partial charge in [-0.25, -0.2) is 9.97 Å². The molecule has 0 bridgehead atoms. The SMILES string of the molecule is CN1CCOC(c2nc3c(C4CCN(C(=O)c5ccc(OC(F)(F)F)cc5)CC4)ccnc3[nH]2)C1. The number of aromatic amines is 1. The van der Waals surface area contributed by atoms with E-state index in [4.69, 9.17) is 9.72 Å². The van der Waals surface area contributed by atoms with Crippen molar-refractivity contribution >= 4 is 17.1 Å². The number of fused-ring (bicyclic) bond motifs is 1. The molecule has 11 heteroatoms. The summed E-state index contributed by atoms with van der Waals surface area (Å²) in [5, 5.41) is 0. The van der Waals surface area contributed by atoms with Gasteiger partial charge in [-0.3, -0.25) is 4.79 Å². The predicted octanol–water partition coefficient (Wildman–Crippen LogP) is 3.88. The van der Waals surface area contributed by atoms with Gasteiger partial charge in [0.1, 0.15) is 23.2 Å². The van der Waals surface area contributed by atoms with E-state index in [0.29, 0.717) is 25.3 Å². The van der Waals surface area contributed by atoms with Crippen LogP contribution in [0.3, 0.4) is 0 Å². The normalized spacial score (nSPS) is 20.3. The summed E-state index contributed by atoms with van der Waals surface area (Å²) in [4.78, 5) is 29.4. The van der Waals surface area contributed by atoms with Crippen molar-refractivity contribution in [3.05, 3.63) is 53.5 Å². The van der Waals surface area contributed by atoms with Gasteiger partial charge in [-0.1, -0.05) is 0 Å². The number of halogens is 3. The number of morpholine rings is 1. The number of pyridine rings is 1. The molecule has 0 aliphatic carbocycles. The first-order valence-electron chi connectivity index (χ1n) is 11.6. The lowest BCUT2D eigenvalue weighted by molar-refractivity contribution is -0.274. The van der Waals surface area contributed by atoms with Crippen LogP contribution in [0.1, 0.15) is 46.6 Å². The van der Waals surface area contributed by atoms with Crippen molar-refractivity contribution in [2.24, 2.45) is 0 Å². The van der Waals surface area contributed by atoms with Crippen molar-refractivity contribution in [2.75, 3.05) is 39.8 Å². The van der Waals surface area contributed by atoms with Gasteiger partial charge in [0, 0.05) is 37.9 Å². The number of alkyl halides is 3. The smallest absolute Gasteiger partial charge is 0.406 e. The number of nitrogens with one attached hydrogen (secondary N) is 1. The Balaban J connectivity index is 1.25. The van der Waals surface area contributed by atoms with Gasteiger partial charge in [0.25, 0.3) is 5.91 Å². The Morgan fingerprint density at radius 1 is 1.14 bits per heavy atom. The number of carbonyl (C=O) groups is 1. The molecule has 2 aliphatic heterocycles. The number of rotatable bonds is 4. The van der Waals surface area contributed by atoms with Crippen LogP contribution in [-0.4, -0.2) is 76.9 Å². The number of nitrogens with zero attached hydrogens (tertiary/aromatic N) is 4. The van der Waals surface area contributed by atoms with E-state index in [1.807, 2.05) is 6.07 Å². The lowest BCUT2D eigenvalue weighted by Crippen LogP contribution is -2.38. The van der Waals surface area contributed by atoms with E-state index in [0.717, 1.165) is 60.6 Å². The third-order valence-electron chi connectivity index (χ3n) is 6.57. The second-order valence-corrected chi connectivity index (χ2v) is 8.98. The van der Waals surface area contributed by atoms with Crippen molar-refractivity contribution in [3.8, 4) is 5.75 Å². The van der Waals surface area contributed by atoms with Crippen LogP contribution in [0.2, 0.25) is 0 Å². The van der Waals surface area contributed by atoms with E-state index in [2.05, 4.69) is 26.7 Å². The summed E-state index contributed by atoms with van der Waals surface area (Å²) >= 11 is 0. The van der Waals surface area contributed by atoms with Gasteiger partial charge in [-0.05, 0) is 61.7 Å². The number of amides is 1. The molecule has 0 spiro atoms. The number of ether oxygens (including phenoxy) is 2. The summed E-state index contributed by atoms with van der Waals surface area (Å²) in [6.45, 7) is 3.40. The first-order chi connectivity index (χ1) is 16.8. The van der Waals surface area contributed by atoms with Crippen LogP contribution in [-0.2, 0) is 4.74 Å². The molecule has 2 aromatic heterocycles. The molecule has 2 saturated heterocycles. The average molecular weight is 489 g/mol. The topological polar surface area (TPSA) is 83.6 Å². The molecule has 4 heterocycles. The molecule has 2 aliphatic rings. The molecule has 8 nitrogen and oxygen atoms in total. The highest BCUT2D eigenvalue weighted by Gasteiger charge is 2.31. The third-order valence-corrected chi connectivity index (χ3v) is 6.57. The number of hydrogen-bond acceptors (Lipinski definition) is 6. The summed E-state index contributed by atoms with van der Waals surface area (Å²) in [5.74, 6) is 0.441. The molecule has 1 aromatic carbocycles. The van der Waals surface area contributed by atoms with Crippen molar-refractivity contribution in [3.63, 3.8) is 0 Å². The predicted molar refractivity (Wildman–Crippen MR) is 121 cm³/mol. The number of hydrogen-bond donors (Lipinski definition) is 1. The van der Waals surface area contributed by atoms with E-state index in [1.165, 1.54) is 12.1 Å². The first kappa shape index (κ1) is 23.6. The number of benzene rings is 1. The van der Waals surface area contributed by atoms with Gasteiger partial charge in [-0.2, -0.15) is 0 Å². The van der Waals surface area contributed by atoms with Crippen molar-refractivity contribution in [2.45, 2.75) is 31.2 Å². The molecule has 3 aromatic rings. The Hall–Kier alpha value is -3.18. The molecule has 0 radical (unpaired) electrons. The van der Waals surface area contributed by atoms with E-state index >= 15 is 0 Å². The van der Waals surface area contributed by atoms with Crippen molar-refractivity contribution in [1.82, 2.24) is 24.8 Å². The Kier molecular flexibility index (Phi) is 6.37. The van der Waals surface area contributed by atoms with E-state index < -0.39 is 6.36 Å². The number of H-pyrrole nitrogens is 1. The number of aromatic nitrogens is 3. The molecule has 186 valence electrons. The zero-order chi connectivity index (χ0) is 24.6. The standard InChI is InChI=1S/C24H26F3N5O3/c1-31-12-13-34-19(14-31)21-29-20-18(6-9-28-22(20)30-21)15-7-10-32(11-8-15)23(33)16-2-4-17(5-3-16)35-24(25,26)27/h2-6,9,15,19H,7-8,10-14H2,1H3,(H,28,29,30). The number of piperidine rings is 1. The highest BCUT2D eigenvalue weighted by Crippen LogP contribution is 2.33. The highest BCUT2D eigenvalue weighted by atomic mass is 19.4. The second-order valence-electron chi connectivity index (χ2n) is 8.98. The minimum absolute atomic E-state index is 0.122. The lowest BCUT2D eigenvalue weighted by atomic mass is 9.89. The van der Waals surface area contributed by atoms with Crippen LogP contribution < -0.4 is 4.74 Å². The molecule has 1 N–H and O–H groups in total. The number of likely N-dealkylation sites (N-methyl/N-ethyl adjacent to an activating group) is 1. The number of imidazole rings is 1. The van der Waals surface area contributed by atoms with Crippen LogP contribution >= 0.6 is 0 Å². The van der Waals surface area contributed by atoms with Gasteiger partial charge >= 0.3 is 6.36 Å². The molecular formula is C24H26F3N5O3. The third kappa shape index (κ3) is 5.25. The van der Waals surface area contributed by atoms with E-state index in [9.17, 15) is 18.0 Å².